The number of nitrogens with zero attached hydrogens (tertiary/aromatic N) is 4. The molecule has 2 heterocycles. The van der Waals surface area contributed by atoms with Crippen molar-refractivity contribution in [2.45, 2.75) is 91.8 Å². The highest BCUT2D eigenvalue weighted by Crippen LogP contribution is 2.41. The Kier molecular flexibility index (Phi) is 10.0. The van der Waals surface area contributed by atoms with Gasteiger partial charge in [0.1, 0.15) is 0 Å². The third kappa shape index (κ3) is 6.39. The molecule has 198 valence electrons. The van der Waals surface area contributed by atoms with Crippen molar-refractivity contribution in [3.05, 3.63) is 70.8 Å². The highest BCUT2D eigenvalue weighted by Gasteiger charge is 2.48. The van der Waals surface area contributed by atoms with Crippen molar-refractivity contribution in [2.75, 3.05) is 32.7 Å². The van der Waals surface area contributed by atoms with E-state index in [1.165, 1.54) is 73.9 Å². The van der Waals surface area contributed by atoms with Crippen molar-refractivity contribution in [3.8, 4) is 0 Å². The van der Waals surface area contributed by atoms with Gasteiger partial charge in [-0.05, 0) is 54.9 Å². The van der Waals surface area contributed by atoms with Gasteiger partial charge in [0.2, 0.25) is 0 Å². The van der Waals surface area contributed by atoms with E-state index in [1.54, 1.807) is 0 Å². The maximum absolute atomic E-state index is 2.77. The van der Waals surface area contributed by atoms with Crippen LogP contribution in [0.1, 0.15) is 87.6 Å². The van der Waals surface area contributed by atoms with E-state index in [1.807, 2.05) is 0 Å². The van der Waals surface area contributed by atoms with Crippen molar-refractivity contribution < 1.29 is 0 Å². The van der Waals surface area contributed by atoms with Crippen LogP contribution in [0.15, 0.2) is 48.5 Å². The summed E-state index contributed by atoms with van der Waals surface area (Å²) in [5.41, 5.74) is 5.71. The minimum atomic E-state index is 0.409. The van der Waals surface area contributed by atoms with Crippen molar-refractivity contribution in [1.82, 2.24) is 20.0 Å². The summed E-state index contributed by atoms with van der Waals surface area (Å²) in [6, 6.07) is 19.2. The first kappa shape index (κ1) is 27.3. The van der Waals surface area contributed by atoms with E-state index in [2.05, 4.69) is 103 Å². The molecule has 0 saturated carbocycles. The molecule has 36 heavy (non-hydrogen) atoms. The van der Waals surface area contributed by atoms with Crippen LogP contribution in [-0.4, -0.2) is 58.8 Å². The Balaban J connectivity index is 1.62. The van der Waals surface area contributed by atoms with Crippen LogP contribution in [0.25, 0.3) is 0 Å². The van der Waals surface area contributed by atoms with Crippen LogP contribution in [-0.2, 0) is 6.54 Å². The molecule has 0 aromatic heterocycles. The Hall–Kier alpha value is -1.72. The van der Waals surface area contributed by atoms with Gasteiger partial charge >= 0.3 is 0 Å². The first-order valence-electron chi connectivity index (χ1n) is 14.7. The topological polar surface area (TPSA) is 13.0 Å². The fraction of sp³-hybridized carbons (Fsp3) is 0.625. The molecule has 0 bridgehead atoms. The molecule has 2 saturated heterocycles. The van der Waals surface area contributed by atoms with Gasteiger partial charge in [0.15, 0.2) is 0 Å². The van der Waals surface area contributed by atoms with Crippen LogP contribution in [0.3, 0.4) is 0 Å². The van der Waals surface area contributed by atoms with Gasteiger partial charge in [0.25, 0.3) is 0 Å². The minimum absolute atomic E-state index is 0.409. The maximum atomic E-state index is 2.77. The van der Waals surface area contributed by atoms with Crippen LogP contribution in [0.5, 0.6) is 0 Å². The molecule has 0 aliphatic carbocycles. The number of unbranched alkanes of at least 4 members (excludes halogenated alkanes) is 4. The summed E-state index contributed by atoms with van der Waals surface area (Å²) in [5, 5.41) is 8.17. The number of benzene rings is 2. The van der Waals surface area contributed by atoms with Crippen molar-refractivity contribution >= 4 is 0 Å². The molecule has 2 aromatic carbocycles. The van der Waals surface area contributed by atoms with Gasteiger partial charge in [-0.3, -0.25) is 4.90 Å². The van der Waals surface area contributed by atoms with Crippen molar-refractivity contribution in [3.63, 3.8) is 0 Å². The fourth-order valence-corrected chi connectivity index (χ4v) is 6.30. The molecule has 0 spiro atoms. The predicted octanol–water partition coefficient (Wildman–Crippen LogP) is 7.00. The number of aryl methyl sites for hydroxylation is 2. The smallest absolute Gasteiger partial charge is 0.0525 e. The lowest BCUT2D eigenvalue weighted by Gasteiger charge is -2.49. The second-order valence-electron chi connectivity index (χ2n) is 11.3. The summed E-state index contributed by atoms with van der Waals surface area (Å²) < 4.78 is 0. The van der Waals surface area contributed by atoms with Gasteiger partial charge in [-0.1, -0.05) is 95.0 Å². The Morgan fingerprint density at radius 1 is 0.833 bits per heavy atom. The van der Waals surface area contributed by atoms with E-state index in [9.17, 15) is 0 Å². The molecule has 2 aliphatic heterocycles. The van der Waals surface area contributed by atoms with E-state index in [4.69, 9.17) is 0 Å². The molecule has 3 unspecified atom stereocenters. The zero-order valence-electron chi connectivity index (χ0n) is 23.6. The first-order chi connectivity index (χ1) is 17.5. The lowest BCUT2D eigenvalue weighted by Crippen LogP contribution is -2.59. The largest absolute Gasteiger partial charge is 0.289 e. The lowest BCUT2D eigenvalue weighted by atomic mass is 9.86. The molecule has 0 radical (unpaired) electrons. The quantitative estimate of drug-likeness (QED) is 0.297. The van der Waals surface area contributed by atoms with E-state index in [0.717, 1.165) is 26.2 Å². The van der Waals surface area contributed by atoms with E-state index < -0.39 is 0 Å². The van der Waals surface area contributed by atoms with Gasteiger partial charge in [-0.2, -0.15) is 5.12 Å². The van der Waals surface area contributed by atoms with Crippen LogP contribution >= 0.6 is 0 Å². The number of piperazine rings is 1. The zero-order valence-corrected chi connectivity index (χ0v) is 23.6. The summed E-state index contributed by atoms with van der Waals surface area (Å²) >= 11 is 0. The summed E-state index contributed by atoms with van der Waals surface area (Å²) in [6.45, 7) is 18.4. The molecule has 2 fully saturated rings. The Morgan fingerprint density at radius 2 is 1.53 bits per heavy atom. The van der Waals surface area contributed by atoms with Crippen LogP contribution in [0, 0.1) is 19.8 Å². The summed E-state index contributed by atoms with van der Waals surface area (Å²) in [7, 11) is 0. The summed E-state index contributed by atoms with van der Waals surface area (Å²) in [4.78, 5) is 2.76. The first-order valence-corrected chi connectivity index (χ1v) is 14.7. The molecule has 0 amide bonds. The predicted molar refractivity (Wildman–Crippen MR) is 152 cm³/mol. The Bertz CT molecular complexity index is 919. The van der Waals surface area contributed by atoms with Crippen LogP contribution < -0.4 is 0 Å². The fourth-order valence-electron chi connectivity index (χ4n) is 6.30. The van der Waals surface area contributed by atoms with Gasteiger partial charge in [-0.25, -0.2) is 10.0 Å². The molecule has 3 atom stereocenters. The lowest BCUT2D eigenvalue weighted by molar-refractivity contribution is -0.191. The zero-order chi connectivity index (χ0) is 25.5. The average molecular weight is 491 g/mol. The van der Waals surface area contributed by atoms with Crippen LogP contribution in [0.4, 0.5) is 0 Å². The van der Waals surface area contributed by atoms with E-state index >= 15 is 0 Å². The minimum Gasteiger partial charge on any atom is -0.289 e. The molecule has 4 nitrogen and oxygen atoms in total. The Morgan fingerprint density at radius 3 is 2.17 bits per heavy atom. The number of fused-ring (bicyclic) bond motifs is 1. The molecule has 4 heteroatoms. The highest BCUT2D eigenvalue weighted by molar-refractivity contribution is 5.33. The molecule has 2 aliphatic rings. The molecular weight excluding hydrogens is 440 g/mol. The second kappa shape index (κ2) is 13.2. The van der Waals surface area contributed by atoms with Crippen molar-refractivity contribution in [1.29, 1.82) is 0 Å². The molecule has 0 N–H and O–H groups in total. The van der Waals surface area contributed by atoms with Crippen molar-refractivity contribution in [2.24, 2.45) is 5.92 Å². The summed E-state index contributed by atoms with van der Waals surface area (Å²) in [6.07, 6.45) is 7.82. The van der Waals surface area contributed by atoms with Gasteiger partial charge < -0.3 is 0 Å². The third-order valence-corrected chi connectivity index (χ3v) is 8.48. The Labute approximate surface area is 221 Å². The van der Waals surface area contributed by atoms with Gasteiger partial charge in [0, 0.05) is 45.3 Å². The normalized spacial score (nSPS) is 23.4. The standard InChI is InChI=1S/C32H50N4/c1-6-8-13-19-34(20-14-9-7-2)36-24-28(5)31-32(30-18-17-26(3)27(4)23-30)33(21-22-35(31)36)25-29-15-11-10-12-16-29/h10-12,15-18,23,28,31-32H,6-9,13-14,19-22,24-25H2,1-5H3. The van der Waals surface area contributed by atoms with Crippen LogP contribution in [0.2, 0.25) is 0 Å². The van der Waals surface area contributed by atoms with E-state index in [0.29, 0.717) is 18.0 Å². The third-order valence-electron chi connectivity index (χ3n) is 8.48. The van der Waals surface area contributed by atoms with Gasteiger partial charge in [-0.15, -0.1) is 0 Å². The summed E-state index contributed by atoms with van der Waals surface area (Å²) in [5.74, 6) is 0.620. The number of hydrogen-bond donors (Lipinski definition) is 0. The number of hydrazine groups is 2. The number of hydrogen-bond acceptors (Lipinski definition) is 4. The molecular formula is C32H50N4. The SMILES string of the molecule is CCCCCN(CCCCC)N1CC(C)C2C(c3ccc(C)c(C)c3)N(Cc3ccccc3)CCN21. The second-order valence-corrected chi connectivity index (χ2v) is 11.3. The van der Waals surface area contributed by atoms with Gasteiger partial charge in [0.05, 0.1) is 6.04 Å². The highest BCUT2D eigenvalue weighted by atomic mass is 15.9. The number of rotatable bonds is 12. The average Bonchev–Trinajstić information content (AvgIpc) is 3.22. The molecule has 2 aromatic rings. The molecule has 4 rings (SSSR count). The maximum Gasteiger partial charge on any atom is 0.0525 e. The van der Waals surface area contributed by atoms with E-state index in [-0.39, 0.29) is 0 Å². The monoisotopic (exact) mass is 490 g/mol.